The predicted molar refractivity (Wildman–Crippen MR) is 121 cm³/mol. The third-order valence-corrected chi connectivity index (χ3v) is 4.22. The van der Waals surface area contributed by atoms with Crippen LogP contribution in [0.3, 0.4) is 0 Å². The van der Waals surface area contributed by atoms with Crippen molar-refractivity contribution in [2.45, 2.75) is 45.6 Å². The average Bonchev–Trinajstić information content (AvgIpc) is 3.08. The zero-order valence-corrected chi connectivity index (χ0v) is 18.7. The number of hydrogen-bond acceptors (Lipinski definition) is 4. The van der Waals surface area contributed by atoms with Crippen molar-refractivity contribution in [2.24, 2.45) is 12.0 Å². The van der Waals surface area contributed by atoms with Gasteiger partial charge in [0.2, 0.25) is 0 Å². The van der Waals surface area contributed by atoms with Crippen LogP contribution >= 0.6 is 0 Å². The summed E-state index contributed by atoms with van der Waals surface area (Å²) in [7, 11) is 3.70. The minimum absolute atomic E-state index is 0.449. The first kappa shape index (κ1) is 23.3. The van der Waals surface area contributed by atoms with Crippen molar-refractivity contribution in [3.05, 3.63) is 47.8 Å². The lowest BCUT2D eigenvalue weighted by Gasteiger charge is -2.19. The molecule has 1 aromatic heterocycles. The molecule has 2 rings (SSSR count). The van der Waals surface area contributed by atoms with Gasteiger partial charge in [-0.15, -0.1) is 0 Å². The molecule has 0 aliphatic rings. The number of nitrogens with one attached hydrogen (secondary N) is 3. The molecule has 0 radical (unpaired) electrons. The highest BCUT2D eigenvalue weighted by Crippen LogP contribution is 2.13. The van der Waals surface area contributed by atoms with Crippen LogP contribution in [0, 0.1) is 0 Å². The first-order valence-electron chi connectivity index (χ1n) is 10.3. The van der Waals surface area contributed by atoms with Gasteiger partial charge in [-0.25, -0.2) is 4.79 Å². The Morgan fingerprint density at radius 3 is 2.40 bits per heavy atom. The molecule has 1 aromatic carbocycles. The van der Waals surface area contributed by atoms with Crippen LogP contribution in [0.1, 0.15) is 38.3 Å². The molecule has 3 N–H and O–H groups in total. The van der Waals surface area contributed by atoms with Crippen LogP contribution in [-0.4, -0.2) is 47.6 Å². The summed E-state index contributed by atoms with van der Waals surface area (Å²) in [5, 5.41) is 13.6. The SMILES string of the molecule is CN=C(NCCCc1cnn(C)c1)NCCc1ccc(NC(=O)OC(C)(C)C)cc1. The van der Waals surface area contributed by atoms with Crippen LogP contribution in [0.25, 0.3) is 0 Å². The molecule has 1 amide bonds. The van der Waals surface area contributed by atoms with Gasteiger partial charge in [0, 0.05) is 39.1 Å². The summed E-state index contributed by atoms with van der Waals surface area (Å²) in [6, 6.07) is 7.76. The average molecular weight is 415 g/mol. The van der Waals surface area contributed by atoms with Gasteiger partial charge >= 0.3 is 6.09 Å². The maximum absolute atomic E-state index is 11.8. The van der Waals surface area contributed by atoms with Gasteiger partial charge < -0.3 is 15.4 Å². The number of carbonyl (C=O) groups is 1. The first-order valence-corrected chi connectivity index (χ1v) is 10.3. The van der Waals surface area contributed by atoms with E-state index < -0.39 is 11.7 Å². The van der Waals surface area contributed by atoms with Crippen LogP contribution in [0.5, 0.6) is 0 Å². The van der Waals surface area contributed by atoms with Crippen LogP contribution < -0.4 is 16.0 Å². The van der Waals surface area contributed by atoms with Gasteiger partial charge in [0.05, 0.1) is 6.20 Å². The van der Waals surface area contributed by atoms with Gasteiger partial charge in [0.1, 0.15) is 5.60 Å². The van der Waals surface area contributed by atoms with Crippen molar-refractivity contribution in [1.29, 1.82) is 0 Å². The van der Waals surface area contributed by atoms with E-state index in [1.807, 2.05) is 69.2 Å². The van der Waals surface area contributed by atoms with E-state index in [2.05, 4.69) is 26.0 Å². The number of hydrogen-bond donors (Lipinski definition) is 3. The van der Waals surface area contributed by atoms with Crippen molar-refractivity contribution in [3.8, 4) is 0 Å². The summed E-state index contributed by atoms with van der Waals surface area (Å²) in [5.74, 6) is 0.796. The molecule has 0 bridgehead atoms. The number of aryl methyl sites for hydroxylation is 2. The Hall–Kier alpha value is -3.03. The van der Waals surface area contributed by atoms with Crippen LogP contribution in [0.2, 0.25) is 0 Å². The lowest BCUT2D eigenvalue weighted by molar-refractivity contribution is 0.0636. The fraction of sp³-hybridized carbons (Fsp3) is 0.500. The standard InChI is InChI=1S/C22H34N6O2/c1-22(2,3)30-21(29)27-19-10-8-17(9-11-19)12-14-25-20(23-4)24-13-6-7-18-15-26-28(5)16-18/h8-11,15-16H,6-7,12-14H2,1-5H3,(H,27,29)(H2,23,24,25). The molecule has 2 aromatic rings. The maximum Gasteiger partial charge on any atom is 0.412 e. The normalized spacial score (nSPS) is 11.8. The molecule has 0 atom stereocenters. The number of amides is 1. The Labute approximate surface area is 179 Å². The Balaban J connectivity index is 1.66. The highest BCUT2D eigenvalue weighted by Gasteiger charge is 2.16. The van der Waals surface area contributed by atoms with Crippen LogP contribution in [0.4, 0.5) is 10.5 Å². The molecule has 0 aliphatic carbocycles. The quantitative estimate of drug-likeness (QED) is 0.351. The third-order valence-electron chi connectivity index (χ3n) is 4.22. The minimum atomic E-state index is -0.513. The largest absolute Gasteiger partial charge is 0.444 e. The van der Waals surface area contributed by atoms with Gasteiger partial charge in [-0.05, 0) is 63.3 Å². The minimum Gasteiger partial charge on any atom is -0.444 e. The topological polar surface area (TPSA) is 92.6 Å². The first-order chi connectivity index (χ1) is 14.2. The molecule has 8 heteroatoms. The number of guanidine groups is 1. The second kappa shape index (κ2) is 11.2. The molecule has 0 unspecified atom stereocenters. The number of nitrogens with zero attached hydrogens (tertiary/aromatic N) is 3. The van der Waals surface area contributed by atoms with Crippen molar-refractivity contribution >= 4 is 17.7 Å². The fourth-order valence-corrected chi connectivity index (χ4v) is 2.82. The van der Waals surface area contributed by atoms with E-state index in [4.69, 9.17) is 4.74 Å². The summed E-state index contributed by atoms with van der Waals surface area (Å²) in [6.45, 7) is 7.13. The lowest BCUT2D eigenvalue weighted by Crippen LogP contribution is -2.38. The number of anilines is 1. The molecular formula is C22H34N6O2. The molecule has 8 nitrogen and oxygen atoms in total. The molecule has 0 saturated heterocycles. The molecule has 0 aliphatic heterocycles. The van der Waals surface area contributed by atoms with E-state index in [0.717, 1.165) is 38.3 Å². The maximum atomic E-state index is 11.8. The Kier molecular flexibility index (Phi) is 8.70. The molecule has 164 valence electrons. The van der Waals surface area contributed by atoms with E-state index in [-0.39, 0.29) is 0 Å². The Morgan fingerprint density at radius 1 is 1.10 bits per heavy atom. The van der Waals surface area contributed by atoms with E-state index in [1.165, 1.54) is 11.1 Å². The van der Waals surface area contributed by atoms with E-state index in [0.29, 0.717) is 5.69 Å². The molecule has 0 fully saturated rings. The second-order valence-electron chi connectivity index (χ2n) is 8.13. The van der Waals surface area contributed by atoms with Crippen LogP contribution in [0.15, 0.2) is 41.7 Å². The van der Waals surface area contributed by atoms with Crippen molar-refractivity contribution in [3.63, 3.8) is 0 Å². The molecule has 0 spiro atoms. The number of rotatable bonds is 8. The molecular weight excluding hydrogens is 380 g/mol. The summed E-state index contributed by atoms with van der Waals surface area (Å²) < 4.78 is 7.08. The van der Waals surface area contributed by atoms with Crippen molar-refractivity contribution < 1.29 is 9.53 Å². The summed E-state index contributed by atoms with van der Waals surface area (Å²) in [5.41, 5.74) is 2.62. The summed E-state index contributed by atoms with van der Waals surface area (Å²) >= 11 is 0. The molecule has 1 heterocycles. The number of carbonyl (C=O) groups excluding carboxylic acids is 1. The Morgan fingerprint density at radius 2 is 1.80 bits per heavy atom. The van der Waals surface area contributed by atoms with Gasteiger partial charge in [-0.2, -0.15) is 5.10 Å². The van der Waals surface area contributed by atoms with E-state index in [1.54, 1.807) is 7.05 Å². The van der Waals surface area contributed by atoms with Gasteiger partial charge in [-0.3, -0.25) is 15.0 Å². The number of aliphatic imine (C=N–C) groups is 1. The highest BCUT2D eigenvalue weighted by molar-refractivity contribution is 5.84. The van der Waals surface area contributed by atoms with Crippen molar-refractivity contribution in [2.75, 3.05) is 25.5 Å². The van der Waals surface area contributed by atoms with Crippen molar-refractivity contribution in [1.82, 2.24) is 20.4 Å². The number of ether oxygens (including phenoxy) is 1. The van der Waals surface area contributed by atoms with E-state index in [9.17, 15) is 4.79 Å². The smallest absolute Gasteiger partial charge is 0.412 e. The molecule has 0 saturated carbocycles. The third kappa shape index (κ3) is 8.98. The number of aromatic nitrogens is 2. The van der Waals surface area contributed by atoms with Gasteiger partial charge in [0.25, 0.3) is 0 Å². The zero-order valence-electron chi connectivity index (χ0n) is 18.7. The monoisotopic (exact) mass is 414 g/mol. The predicted octanol–water partition coefficient (Wildman–Crippen LogP) is 3.11. The van der Waals surface area contributed by atoms with E-state index >= 15 is 0 Å². The second-order valence-corrected chi connectivity index (χ2v) is 8.13. The zero-order chi connectivity index (χ0) is 22.0. The number of benzene rings is 1. The highest BCUT2D eigenvalue weighted by atomic mass is 16.6. The van der Waals surface area contributed by atoms with Gasteiger partial charge in [-0.1, -0.05) is 12.1 Å². The summed E-state index contributed by atoms with van der Waals surface area (Å²) in [4.78, 5) is 16.1. The van der Waals surface area contributed by atoms with Gasteiger partial charge in [0.15, 0.2) is 5.96 Å². The summed E-state index contributed by atoms with van der Waals surface area (Å²) in [6.07, 6.45) is 6.35. The Bertz CT molecular complexity index is 821. The molecule has 30 heavy (non-hydrogen) atoms. The van der Waals surface area contributed by atoms with Crippen LogP contribution in [-0.2, 0) is 24.6 Å². The fourth-order valence-electron chi connectivity index (χ4n) is 2.82. The lowest BCUT2D eigenvalue weighted by atomic mass is 10.1.